The molecule has 0 aromatic heterocycles. The zero-order chi connectivity index (χ0) is 7.70. The summed E-state index contributed by atoms with van der Waals surface area (Å²) in [6.07, 6.45) is 0.926. The Hall–Kier alpha value is 1.52. The first-order chi connectivity index (χ1) is 4.18. The third-order valence-corrected chi connectivity index (χ3v) is 0.447. The van der Waals surface area contributed by atoms with Crippen molar-refractivity contribution in [2.45, 2.75) is 20.0 Å². The molecule has 0 aliphatic heterocycles. The number of hydrogen-bond acceptors (Lipinski definition) is 3. The van der Waals surface area contributed by atoms with Crippen molar-refractivity contribution in [2.75, 3.05) is 13.2 Å². The quantitative estimate of drug-likeness (QED) is 0.302. The minimum atomic E-state index is -0.477. The van der Waals surface area contributed by atoms with Crippen molar-refractivity contribution in [3.63, 3.8) is 0 Å². The normalized spacial score (nSPS) is 10.5. The third-order valence-electron chi connectivity index (χ3n) is 0.447. The van der Waals surface area contributed by atoms with Gasteiger partial charge >= 0.3 is 51.4 Å². The summed E-state index contributed by atoms with van der Waals surface area (Å²) >= 11 is 0. The van der Waals surface area contributed by atoms with E-state index in [0.29, 0.717) is 0 Å². The van der Waals surface area contributed by atoms with E-state index in [1.165, 1.54) is 6.42 Å². The van der Waals surface area contributed by atoms with E-state index in [1.54, 1.807) is 13.8 Å². The Morgan fingerprint density at radius 3 is 1.70 bits per heavy atom. The van der Waals surface area contributed by atoms with Gasteiger partial charge in [-0.25, -0.2) is 0 Å². The van der Waals surface area contributed by atoms with Crippen LogP contribution >= 0.6 is 0 Å². The average molecular weight is 174 g/mol. The Labute approximate surface area is 105 Å². The fourth-order valence-corrected chi connectivity index (χ4v) is 0.153. The molecule has 3 nitrogen and oxygen atoms in total. The van der Waals surface area contributed by atoms with Gasteiger partial charge in [0.05, 0.1) is 0 Å². The summed E-state index contributed by atoms with van der Waals surface area (Å²) in [6, 6.07) is 0. The van der Waals surface area contributed by atoms with Gasteiger partial charge in [-0.2, -0.15) is 0 Å². The Morgan fingerprint density at radius 1 is 1.40 bits per heavy atom. The van der Waals surface area contributed by atoms with Crippen LogP contribution in [0.2, 0.25) is 0 Å². The van der Waals surface area contributed by atoms with Crippen molar-refractivity contribution >= 4 is 0 Å². The fourth-order valence-electron chi connectivity index (χ4n) is 0.153. The van der Waals surface area contributed by atoms with Crippen molar-refractivity contribution in [1.29, 1.82) is 0 Å². The SMILES string of the molecule is CC(O)[CH-]CO.CCO.[K+]. The van der Waals surface area contributed by atoms with Crippen LogP contribution < -0.4 is 51.4 Å². The molecular weight excluding hydrogens is 159 g/mol. The predicted octanol–water partition coefficient (Wildman–Crippen LogP) is -3.43. The first kappa shape index (κ1) is 17.6. The van der Waals surface area contributed by atoms with Crippen LogP contribution in [0.5, 0.6) is 0 Å². The zero-order valence-electron chi connectivity index (χ0n) is 6.91. The van der Waals surface area contributed by atoms with Gasteiger partial charge in [-0.1, -0.05) is 19.6 Å². The van der Waals surface area contributed by atoms with Gasteiger partial charge in [0.1, 0.15) is 0 Å². The van der Waals surface area contributed by atoms with Crippen LogP contribution in [0.15, 0.2) is 0 Å². The maximum Gasteiger partial charge on any atom is 1.00 e. The molecule has 0 bridgehead atoms. The van der Waals surface area contributed by atoms with E-state index in [2.05, 4.69) is 0 Å². The molecule has 0 aliphatic rings. The van der Waals surface area contributed by atoms with Crippen LogP contribution in [-0.4, -0.2) is 34.6 Å². The van der Waals surface area contributed by atoms with Gasteiger partial charge in [-0.05, 0) is 6.92 Å². The number of rotatable bonds is 2. The van der Waals surface area contributed by atoms with Gasteiger partial charge in [-0.3, -0.25) is 6.42 Å². The molecular formula is C6H15KO3. The largest absolute Gasteiger partial charge is 1.00 e. The third kappa shape index (κ3) is 33.8. The summed E-state index contributed by atoms with van der Waals surface area (Å²) in [7, 11) is 0. The number of hydrogen-bond donors (Lipinski definition) is 3. The van der Waals surface area contributed by atoms with Crippen LogP contribution in [0.4, 0.5) is 0 Å². The molecule has 0 saturated heterocycles. The van der Waals surface area contributed by atoms with Crippen LogP contribution in [-0.2, 0) is 0 Å². The second kappa shape index (κ2) is 16.9. The van der Waals surface area contributed by atoms with Gasteiger partial charge in [0.25, 0.3) is 0 Å². The van der Waals surface area contributed by atoms with E-state index < -0.39 is 6.10 Å². The van der Waals surface area contributed by atoms with Gasteiger partial charge < -0.3 is 15.3 Å². The minimum Gasteiger partial charge on any atom is -0.428 e. The van der Waals surface area contributed by atoms with Gasteiger partial charge in [0.2, 0.25) is 0 Å². The Kier molecular flexibility index (Phi) is 29.6. The van der Waals surface area contributed by atoms with E-state index in [9.17, 15) is 0 Å². The Bertz CT molecular complexity index is 42.0. The van der Waals surface area contributed by atoms with E-state index in [4.69, 9.17) is 15.3 Å². The van der Waals surface area contributed by atoms with Crippen LogP contribution in [0.3, 0.4) is 0 Å². The van der Waals surface area contributed by atoms with Gasteiger partial charge in [0, 0.05) is 6.61 Å². The average Bonchev–Trinajstić information content (AvgIpc) is 1.67. The summed E-state index contributed by atoms with van der Waals surface area (Å²) in [5.41, 5.74) is 0. The van der Waals surface area contributed by atoms with Crippen molar-refractivity contribution in [2.24, 2.45) is 0 Å². The predicted molar refractivity (Wildman–Crippen MR) is 35.8 cm³/mol. The zero-order valence-corrected chi connectivity index (χ0v) is 10.0. The molecule has 0 aromatic carbocycles. The van der Waals surface area contributed by atoms with Crippen molar-refractivity contribution in [3.8, 4) is 0 Å². The topological polar surface area (TPSA) is 60.7 Å². The van der Waals surface area contributed by atoms with E-state index >= 15 is 0 Å². The standard InChI is InChI=1S/C4H9O2.C2H6O.K/c1-4(6)2-3-5;1-2-3;/h2,4-6H,3H2,1H3;3H,2H2,1H3;/q-1;;+1. The second-order valence-electron chi connectivity index (χ2n) is 1.48. The fraction of sp³-hybridized carbons (Fsp3) is 0.833. The molecule has 4 heteroatoms. The molecule has 0 aromatic rings. The van der Waals surface area contributed by atoms with E-state index in [-0.39, 0.29) is 64.6 Å². The van der Waals surface area contributed by atoms with E-state index in [1.807, 2.05) is 0 Å². The molecule has 0 spiro atoms. The molecule has 0 amide bonds. The van der Waals surface area contributed by atoms with Crippen LogP contribution in [0, 0.1) is 6.42 Å². The Balaban J connectivity index is -0.000000107. The smallest absolute Gasteiger partial charge is 0.428 e. The van der Waals surface area contributed by atoms with Crippen molar-refractivity contribution < 1.29 is 66.7 Å². The van der Waals surface area contributed by atoms with Crippen LogP contribution in [0.25, 0.3) is 0 Å². The molecule has 1 atom stereocenters. The summed E-state index contributed by atoms with van der Waals surface area (Å²) in [4.78, 5) is 0. The van der Waals surface area contributed by atoms with Crippen LogP contribution in [0.1, 0.15) is 13.8 Å². The summed E-state index contributed by atoms with van der Waals surface area (Å²) < 4.78 is 0. The molecule has 0 heterocycles. The van der Waals surface area contributed by atoms with E-state index in [0.717, 1.165) is 0 Å². The molecule has 58 valence electrons. The van der Waals surface area contributed by atoms with Crippen molar-refractivity contribution in [1.82, 2.24) is 0 Å². The molecule has 0 fully saturated rings. The molecule has 0 saturated carbocycles. The first-order valence-electron chi connectivity index (χ1n) is 2.92. The first-order valence-corrected chi connectivity index (χ1v) is 2.92. The molecule has 3 N–H and O–H groups in total. The maximum atomic E-state index is 8.34. The number of aliphatic hydroxyl groups is 3. The van der Waals surface area contributed by atoms with Crippen molar-refractivity contribution in [3.05, 3.63) is 6.42 Å². The van der Waals surface area contributed by atoms with Gasteiger partial charge in [-0.15, -0.1) is 0 Å². The summed E-state index contributed by atoms with van der Waals surface area (Å²) in [6.45, 7) is 3.48. The molecule has 1 unspecified atom stereocenters. The second-order valence-corrected chi connectivity index (χ2v) is 1.48. The number of aliphatic hydroxyl groups excluding tert-OH is 3. The maximum absolute atomic E-state index is 8.34. The summed E-state index contributed by atoms with van der Waals surface area (Å²) in [5, 5.41) is 23.9. The minimum absolute atomic E-state index is 0. The molecule has 0 radical (unpaired) electrons. The van der Waals surface area contributed by atoms with Gasteiger partial charge in [0.15, 0.2) is 0 Å². The summed E-state index contributed by atoms with van der Waals surface area (Å²) in [5.74, 6) is 0. The Morgan fingerprint density at radius 2 is 1.70 bits per heavy atom. The molecule has 0 rings (SSSR count). The molecule has 10 heavy (non-hydrogen) atoms. The molecule has 0 aliphatic carbocycles. The monoisotopic (exact) mass is 174 g/mol.